The van der Waals surface area contributed by atoms with Gasteiger partial charge in [-0.1, -0.05) is 48.5 Å². The highest BCUT2D eigenvalue weighted by atomic mass is 19.3. The first-order valence-corrected chi connectivity index (χ1v) is 7.32. The third-order valence-corrected chi connectivity index (χ3v) is 4.09. The van der Waals surface area contributed by atoms with Crippen LogP contribution in [0.5, 0.6) is 5.88 Å². The molecule has 0 saturated heterocycles. The molecule has 4 rings (SSSR count). The number of para-hydroxylation sites is 1. The smallest absolute Gasteiger partial charge is 0.350 e. The molecule has 0 saturated carbocycles. The Balaban J connectivity index is 1.95. The highest BCUT2D eigenvalue weighted by Crippen LogP contribution is 2.46. The number of hydrogen-bond acceptors (Lipinski definition) is 4. The fraction of sp³-hybridized carbons (Fsp3) is 0.111. The van der Waals surface area contributed by atoms with Gasteiger partial charge in [0.1, 0.15) is 5.56 Å². The summed E-state index contributed by atoms with van der Waals surface area (Å²) in [6.45, 7) is 0. The molecule has 1 atom stereocenters. The van der Waals surface area contributed by atoms with Crippen molar-refractivity contribution in [2.45, 2.75) is 12.0 Å². The molecular weight excluding hydrogens is 314 g/mol. The summed E-state index contributed by atoms with van der Waals surface area (Å²) in [5.41, 5.74) is 6.26. The second-order valence-electron chi connectivity index (χ2n) is 5.58. The fourth-order valence-electron chi connectivity index (χ4n) is 2.90. The van der Waals surface area contributed by atoms with Crippen LogP contribution in [-0.4, -0.2) is 16.7 Å². The van der Waals surface area contributed by atoms with Crippen molar-refractivity contribution < 1.29 is 18.3 Å². The maximum absolute atomic E-state index is 14.6. The largest absolute Gasteiger partial charge is 0.462 e. The molecule has 2 heterocycles. The highest BCUT2D eigenvalue weighted by molar-refractivity contribution is 6.13. The first-order valence-electron chi connectivity index (χ1n) is 7.32. The van der Waals surface area contributed by atoms with Crippen molar-refractivity contribution in [2.24, 2.45) is 0 Å². The van der Waals surface area contributed by atoms with Gasteiger partial charge in [0.05, 0.1) is 11.2 Å². The lowest BCUT2D eigenvalue weighted by molar-refractivity contribution is -0.0771. The Morgan fingerprint density at radius 3 is 2.46 bits per heavy atom. The zero-order chi connectivity index (χ0) is 16.9. The normalized spacial score (nSPS) is 18.9. The van der Waals surface area contributed by atoms with Gasteiger partial charge in [-0.05, 0) is 11.6 Å². The summed E-state index contributed by atoms with van der Waals surface area (Å²) in [7, 11) is 0. The quantitative estimate of drug-likeness (QED) is 0.739. The average Bonchev–Trinajstić information content (AvgIpc) is 2.59. The van der Waals surface area contributed by atoms with Crippen LogP contribution < -0.4 is 10.5 Å². The number of ketones is 1. The maximum Gasteiger partial charge on any atom is 0.350 e. The van der Waals surface area contributed by atoms with Gasteiger partial charge in [0.15, 0.2) is 6.10 Å². The van der Waals surface area contributed by atoms with E-state index in [1.54, 1.807) is 42.5 Å². The summed E-state index contributed by atoms with van der Waals surface area (Å²) < 4.78 is 34.7. The minimum absolute atomic E-state index is 0.0354. The van der Waals surface area contributed by atoms with Gasteiger partial charge in [-0.2, -0.15) is 8.78 Å². The molecule has 0 amide bonds. The number of carbonyl (C=O) groups is 1. The molecule has 4 nitrogen and oxygen atoms in total. The number of pyridine rings is 1. The number of aromatic nitrogens is 1. The van der Waals surface area contributed by atoms with Gasteiger partial charge in [-0.15, -0.1) is 0 Å². The lowest BCUT2D eigenvalue weighted by atomic mass is 9.92. The van der Waals surface area contributed by atoms with E-state index in [2.05, 4.69) is 4.98 Å². The maximum atomic E-state index is 14.6. The number of nitrogen functional groups attached to an aromatic ring is 1. The summed E-state index contributed by atoms with van der Waals surface area (Å²) in [6, 6.07) is 14.7. The molecule has 2 aromatic carbocycles. The zero-order valence-electron chi connectivity index (χ0n) is 12.4. The number of benzene rings is 2. The SMILES string of the molecule is Nc1c2c(nc3ccccc13)OC(c1ccccc1)C(F)(F)C2=O. The minimum Gasteiger partial charge on any atom is -0.462 e. The van der Waals surface area contributed by atoms with Gasteiger partial charge in [0.2, 0.25) is 11.7 Å². The number of ether oxygens (including phenoxy) is 1. The lowest BCUT2D eigenvalue weighted by Gasteiger charge is -2.32. The summed E-state index contributed by atoms with van der Waals surface area (Å²) in [4.78, 5) is 16.6. The van der Waals surface area contributed by atoms with Gasteiger partial charge in [0.25, 0.3) is 0 Å². The third-order valence-electron chi connectivity index (χ3n) is 4.09. The summed E-state index contributed by atoms with van der Waals surface area (Å²) in [5.74, 6) is -5.25. The van der Waals surface area contributed by atoms with E-state index in [9.17, 15) is 13.6 Å². The van der Waals surface area contributed by atoms with Crippen molar-refractivity contribution in [1.29, 1.82) is 0 Å². The lowest BCUT2D eigenvalue weighted by Crippen LogP contribution is -2.43. The summed E-state index contributed by atoms with van der Waals surface area (Å²) in [5, 5.41) is 0.446. The van der Waals surface area contributed by atoms with Gasteiger partial charge < -0.3 is 10.5 Å². The van der Waals surface area contributed by atoms with E-state index in [1.807, 2.05) is 0 Å². The van der Waals surface area contributed by atoms with E-state index in [0.717, 1.165) is 0 Å². The Morgan fingerprint density at radius 1 is 1.04 bits per heavy atom. The molecule has 1 aliphatic rings. The molecule has 24 heavy (non-hydrogen) atoms. The number of rotatable bonds is 1. The van der Waals surface area contributed by atoms with E-state index in [4.69, 9.17) is 10.5 Å². The average molecular weight is 326 g/mol. The van der Waals surface area contributed by atoms with Crippen molar-refractivity contribution in [2.75, 3.05) is 5.73 Å². The Labute approximate surface area is 135 Å². The van der Waals surface area contributed by atoms with Crippen LogP contribution in [0.25, 0.3) is 10.9 Å². The van der Waals surface area contributed by atoms with Gasteiger partial charge in [0, 0.05) is 5.39 Å². The number of carbonyl (C=O) groups excluding carboxylic acids is 1. The van der Waals surface area contributed by atoms with E-state index in [1.165, 1.54) is 12.1 Å². The number of alkyl halides is 2. The Bertz CT molecular complexity index is 958. The van der Waals surface area contributed by atoms with E-state index in [-0.39, 0.29) is 22.7 Å². The number of nitrogens with two attached hydrogens (primary N) is 1. The summed E-state index contributed by atoms with van der Waals surface area (Å²) in [6.07, 6.45) is -1.73. The molecule has 1 aliphatic heterocycles. The standard InChI is InChI=1S/C18H12F2N2O2/c19-18(20)15(23)13-14(21)11-8-4-5-9-12(11)22-17(13)24-16(18)10-6-2-1-3-7-10/h1-9,16H,(H2,21,22). The van der Waals surface area contributed by atoms with Gasteiger partial charge >= 0.3 is 5.92 Å². The molecule has 6 heteroatoms. The zero-order valence-corrected chi connectivity index (χ0v) is 12.4. The number of fused-ring (bicyclic) bond motifs is 2. The number of hydrogen-bond donors (Lipinski definition) is 1. The van der Waals surface area contributed by atoms with Gasteiger partial charge in [-0.3, -0.25) is 4.79 Å². The van der Waals surface area contributed by atoms with Gasteiger partial charge in [-0.25, -0.2) is 4.98 Å². The predicted molar refractivity (Wildman–Crippen MR) is 85.2 cm³/mol. The predicted octanol–water partition coefficient (Wildman–Crippen LogP) is 3.77. The molecule has 1 unspecified atom stereocenters. The molecule has 0 aliphatic carbocycles. The van der Waals surface area contributed by atoms with Crippen LogP contribution >= 0.6 is 0 Å². The first kappa shape index (κ1) is 14.6. The Hall–Kier alpha value is -3.02. The summed E-state index contributed by atoms with van der Waals surface area (Å²) >= 11 is 0. The van der Waals surface area contributed by atoms with Crippen LogP contribution in [-0.2, 0) is 0 Å². The molecule has 2 N–H and O–H groups in total. The highest BCUT2D eigenvalue weighted by Gasteiger charge is 2.55. The fourth-order valence-corrected chi connectivity index (χ4v) is 2.90. The molecule has 3 aromatic rings. The van der Waals surface area contributed by atoms with Crippen molar-refractivity contribution >= 4 is 22.4 Å². The van der Waals surface area contributed by atoms with Crippen molar-refractivity contribution in [1.82, 2.24) is 4.98 Å². The van der Waals surface area contributed by atoms with E-state index >= 15 is 0 Å². The van der Waals surface area contributed by atoms with Crippen LogP contribution in [0, 0.1) is 0 Å². The minimum atomic E-state index is -3.73. The van der Waals surface area contributed by atoms with E-state index in [0.29, 0.717) is 10.9 Å². The van der Waals surface area contributed by atoms with Crippen LogP contribution in [0.3, 0.4) is 0 Å². The molecule has 1 aromatic heterocycles. The second kappa shape index (κ2) is 4.99. The van der Waals surface area contributed by atoms with Crippen LogP contribution in [0.2, 0.25) is 0 Å². The van der Waals surface area contributed by atoms with Crippen molar-refractivity contribution in [3.05, 3.63) is 65.7 Å². The van der Waals surface area contributed by atoms with Crippen LogP contribution in [0.1, 0.15) is 22.0 Å². The first-order chi connectivity index (χ1) is 11.5. The number of anilines is 1. The Kier molecular flexibility index (Phi) is 3.03. The van der Waals surface area contributed by atoms with E-state index < -0.39 is 17.8 Å². The molecule has 120 valence electrons. The monoisotopic (exact) mass is 326 g/mol. The Morgan fingerprint density at radius 2 is 1.71 bits per heavy atom. The number of nitrogens with zero attached hydrogens (tertiary/aromatic N) is 1. The molecule has 0 bridgehead atoms. The molecular formula is C18H12F2N2O2. The van der Waals surface area contributed by atoms with Crippen molar-refractivity contribution in [3.8, 4) is 5.88 Å². The molecule has 0 spiro atoms. The number of Topliss-reactive ketones (excluding diaryl/α,β-unsaturated/α-hetero) is 1. The number of halogens is 2. The second-order valence-corrected chi connectivity index (χ2v) is 5.58. The molecule has 0 fully saturated rings. The van der Waals surface area contributed by atoms with Crippen LogP contribution in [0.15, 0.2) is 54.6 Å². The third kappa shape index (κ3) is 1.96. The van der Waals surface area contributed by atoms with Crippen LogP contribution in [0.4, 0.5) is 14.5 Å². The van der Waals surface area contributed by atoms with Crippen molar-refractivity contribution in [3.63, 3.8) is 0 Å². The molecule has 0 radical (unpaired) electrons. The topological polar surface area (TPSA) is 65.2 Å².